The van der Waals surface area contributed by atoms with Crippen molar-refractivity contribution in [3.05, 3.63) is 50.5 Å². The third-order valence-corrected chi connectivity index (χ3v) is 5.40. The van der Waals surface area contributed by atoms with E-state index in [-0.39, 0.29) is 5.69 Å². The number of carbonyl (C=O) groups is 1. The molecule has 0 bridgehead atoms. The number of aromatic carboxylic acids is 1. The maximum absolute atomic E-state index is 11.0. The molecule has 0 amide bonds. The molecule has 0 saturated heterocycles. The second-order valence-electron chi connectivity index (χ2n) is 6.01. The van der Waals surface area contributed by atoms with Gasteiger partial charge in [-0.15, -0.1) is 11.3 Å². The van der Waals surface area contributed by atoms with Crippen molar-refractivity contribution in [2.75, 3.05) is 6.54 Å². The van der Waals surface area contributed by atoms with Crippen LogP contribution in [0, 0.1) is 6.92 Å². The van der Waals surface area contributed by atoms with Crippen LogP contribution in [0.5, 0.6) is 0 Å². The Morgan fingerprint density at radius 1 is 1.35 bits per heavy atom. The van der Waals surface area contributed by atoms with Gasteiger partial charge < -0.3 is 10.4 Å². The predicted octanol–water partition coefficient (Wildman–Crippen LogP) is 3.36. The van der Waals surface area contributed by atoms with Gasteiger partial charge in [-0.05, 0) is 49.3 Å². The van der Waals surface area contributed by atoms with Crippen LogP contribution in [0.25, 0.3) is 0 Å². The number of aryl methyl sites for hydroxylation is 2. The van der Waals surface area contributed by atoms with E-state index in [2.05, 4.69) is 28.5 Å². The Bertz CT molecular complexity index is 709. The van der Waals surface area contributed by atoms with Crippen molar-refractivity contribution in [2.24, 2.45) is 0 Å². The van der Waals surface area contributed by atoms with Crippen molar-refractivity contribution in [1.82, 2.24) is 10.3 Å². The quantitative estimate of drug-likeness (QED) is 0.797. The first-order valence-electron chi connectivity index (χ1n) is 8.15. The van der Waals surface area contributed by atoms with Crippen LogP contribution in [-0.2, 0) is 25.8 Å². The van der Waals surface area contributed by atoms with Crippen LogP contribution < -0.4 is 5.32 Å². The highest BCUT2D eigenvalue weighted by Gasteiger charge is 2.14. The first kappa shape index (κ1) is 16.1. The Kier molecular flexibility index (Phi) is 5.08. The Labute approximate surface area is 140 Å². The average Bonchev–Trinajstić information content (AvgIpc) is 2.93. The summed E-state index contributed by atoms with van der Waals surface area (Å²) in [5.74, 6) is -0.936. The molecule has 2 N–H and O–H groups in total. The van der Waals surface area contributed by atoms with E-state index in [1.807, 2.05) is 6.92 Å². The SMILES string of the molecule is Cc1sc(CCNCc2cccc3c2CCCC3)nc1C(=O)O. The molecule has 1 aromatic heterocycles. The summed E-state index contributed by atoms with van der Waals surface area (Å²) in [6, 6.07) is 6.63. The number of carboxylic acids is 1. The monoisotopic (exact) mass is 330 g/mol. The van der Waals surface area contributed by atoms with Crippen molar-refractivity contribution in [3.63, 3.8) is 0 Å². The number of aromatic nitrogens is 1. The summed E-state index contributed by atoms with van der Waals surface area (Å²) in [5, 5.41) is 13.4. The average molecular weight is 330 g/mol. The highest BCUT2D eigenvalue weighted by Crippen LogP contribution is 2.24. The highest BCUT2D eigenvalue weighted by atomic mass is 32.1. The molecule has 1 aliphatic rings. The number of rotatable bonds is 6. The topological polar surface area (TPSA) is 62.2 Å². The zero-order valence-electron chi connectivity index (χ0n) is 13.4. The minimum absolute atomic E-state index is 0.196. The summed E-state index contributed by atoms with van der Waals surface area (Å²) in [5.41, 5.74) is 4.65. The van der Waals surface area contributed by atoms with Crippen LogP contribution in [-0.4, -0.2) is 22.6 Å². The summed E-state index contributed by atoms with van der Waals surface area (Å²) in [6.45, 7) is 3.50. The van der Waals surface area contributed by atoms with Crippen molar-refractivity contribution < 1.29 is 9.90 Å². The summed E-state index contributed by atoms with van der Waals surface area (Å²) in [7, 11) is 0. The molecule has 0 spiro atoms. The van der Waals surface area contributed by atoms with Gasteiger partial charge in [0.25, 0.3) is 0 Å². The molecule has 1 aliphatic carbocycles. The zero-order valence-corrected chi connectivity index (χ0v) is 14.2. The molecule has 1 heterocycles. The van der Waals surface area contributed by atoms with E-state index in [4.69, 9.17) is 5.11 Å². The first-order chi connectivity index (χ1) is 11.1. The van der Waals surface area contributed by atoms with Crippen molar-refractivity contribution in [3.8, 4) is 0 Å². The summed E-state index contributed by atoms with van der Waals surface area (Å²) < 4.78 is 0. The molecule has 122 valence electrons. The van der Waals surface area contributed by atoms with Gasteiger partial charge in [-0.2, -0.15) is 0 Å². The van der Waals surface area contributed by atoms with Gasteiger partial charge in [-0.3, -0.25) is 0 Å². The maximum Gasteiger partial charge on any atom is 0.355 e. The van der Waals surface area contributed by atoms with Gasteiger partial charge >= 0.3 is 5.97 Å². The second kappa shape index (κ2) is 7.23. The van der Waals surface area contributed by atoms with Crippen molar-refractivity contribution in [1.29, 1.82) is 0 Å². The molecule has 4 nitrogen and oxygen atoms in total. The molecular formula is C18H22N2O2S. The summed E-state index contributed by atoms with van der Waals surface area (Å²) >= 11 is 1.48. The lowest BCUT2D eigenvalue weighted by molar-refractivity contribution is 0.0690. The smallest absolute Gasteiger partial charge is 0.355 e. The van der Waals surface area contributed by atoms with Gasteiger partial charge in [-0.25, -0.2) is 9.78 Å². The Balaban J connectivity index is 1.54. The number of fused-ring (bicyclic) bond motifs is 1. The van der Waals surface area contributed by atoms with Gasteiger partial charge in [-0.1, -0.05) is 18.2 Å². The Morgan fingerprint density at radius 2 is 2.17 bits per heavy atom. The van der Waals surface area contributed by atoms with Crippen LogP contribution in [0.3, 0.4) is 0 Å². The molecule has 5 heteroatoms. The van der Waals surface area contributed by atoms with Gasteiger partial charge in [0.05, 0.1) is 5.01 Å². The van der Waals surface area contributed by atoms with Crippen LogP contribution in [0.4, 0.5) is 0 Å². The lowest BCUT2D eigenvalue weighted by Crippen LogP contribution is -2.19. The molecule has 2 aromatic rings. The number of hydrogen-bond acceptors (Lipinski definition) is 4. The lowest BCUT2D eigenvalue weighted by Gasteiger charge is -2.19. The van der Waals surface area contributed by atoms with Gasteiger partial charge in [0.2, 0.25) is 0 Å². The molecule has 3 rings (SSSR count). The van der Waals surface area contributed by atoms with E-state index < -0.39 is 5.97 Å². The second-order valence-corrected chi connectivity index (χ2v) is 7.29. The normalized spacial score (nSPS) is 13.8. The maximum atomic E-state index is 11.0. The Hall–Kier alpha value is -1.72. The van der Waals surface area contributed by atoms with Gasteiger partial charge in [0.1, 0.15) is 0 Å². The van der Waals surface area contributed by atoms with Gasteiger partial charge in [0.15, 0.2) is 5.69 Å². The third kappa shape index (κ3) is 3.79. The van der Waals surface area contributed by atoms with Crippen LogP contribution in [0.2, 0.25) is 0 Å². The molecule has 0 radical (unpaired) electrons. The molecule has 1 aromatic carbocycles. The van der Waals surface area contributed by atoms with Gasteiger partial charge in [0, 0.05) is 24.4 Å². The molecule has 0 fully saturated rings. The number of nitrogens with zero attached hydrogens (tertiary/aromatic N) is 1. The largest absolute Gasteiger partial charge is 0.476 e. The minimum Gasteiger partial charge on any atom is -0.476 e. The van der Waals surface area contributed by atoms with Crippen LogP contribution >= 0.6 is 11.3 Å². The number of benzene rings is 1. The molecule has 0 saturated carbocycles. The minimum atomic E-state index is -0.936. The molecule has 0 unspecified atom stereocenters. The number of hydrogen-bond donors (Lipinski definition) is 2. The standard InChI is InChI=1S/C18H22N2O2S/c1-12-17(18(21)22)20-16(23-12)9-10-19-11-14-7-4-6-13-5-2-3-8-15(13)14/h4,6-7,19H,2-3,5,8-11H2,1H3,(H,21,22). The molecule has 0 aliphatic heterocycles. The fraction of sp³-hybridized carbons (Fsp3) is 0.444. The lowest BCUT2D eigenvalue weighted by atomic mass is 9.88. The molecular weight excluding hydrogens is 308 g/mol. The van der Waals surface area contributed by atoms with E-state index in [9.17, 15) is 4.79 Å². The van der Waals surface area contributed by atoms with E-state index >= 15 is 0 Å². The predicted molar refractivity (Wildman–Crippen MR) is 92.3 cm³/mol. The Morgan fingerprint density at radius 3 is 2.96 bits per heavy atom. The number of thiazole rings is 1. The summed E-state index contributed by atoms with van der Waals surface area (Å²) in [4.78, 5) is 16.0. The van der Waals surface area contributed by atoms with E-state index in [0.29, 0.717) is 0 Å². The van der Waals surface area contributed by atoms with Crippen LogP contribution in [0.15, 0.2) is 18.2 Å². The van der Waals surface area contributed by atoms with E-state index in [0.717, 1.165) is 29.4 Å². The molecule has 23 heavy (non-hydrogen) atoms. The van der Waals surface area contributed by atoms with E-state index in [1.165, 1.54) is 53.7 Å². The van der Waals surface area contributed by atoms with Crippen molar-refractivity contribution in [2.45, 2.75) is 45.6 Å². The third-order valence-electron chi connectivity index (χ3n) is 4.37. The van der Waals surface area contributed by atoms with Crippen molar-refractivity contribution >= 4 is 17.3 Å². The fourth-order valence-corrected chi connectivity index (χ4v) is 4.13. The van der Waals surface area contributed by atoms with E-state index in [1.54, 1.807) is 0 Å². The van der Waals surface area contributed by atoms with Crippen LogP contribution in [0.1, 0.15) is 49.9 Å². The highest BCUT2D eigenvalue weighted by molar-refractivity contribution is 7.11. The first-order valence-corrected chi connectivity index (χ1v) is 8.97. The molecule has 0 atom stereocenters. The summed E-state index contributed by atoms with van der Waals surface area (Å²) in [6.07, 6.45) is 5.77. The number of nitrogens with one attached hydrogen (secondary N) is 1. The fourth-order valence-electron chi connectivity index (χ4n) is 3.20. The zero-order chi connectivity index (χ0) is 16.2. The number of carboxylic acid groups (broad SMARTS) is 1.